The highest BCUT2D eigenvalue weighted by molar-refractivity contribution is 5.95. The molecule has 4 aliphatic rings. The summed E-state index contributed by atoms with van der Waals surface area (Å²) in [7, 11) is 0. The smallest absolute Gasteiger partial charge is 0.410 e. The first kappa shape index (κ1) is 51.4. The molecule has 4 aromatic carbocycles. The Hall–Kier alpha value is -6.74. The van der Waals surface area contributed by atoms with Crippen molar-refractivity contribution < 1.29 is 27.5 Å². The van der Waals surface area contributed by atoms with Crippen LogP contribution in [0.3, 0.4) is 0 Å². The third-order valence-corrected chi connectivity index (χ3v) is 16.1. The third-order valence-electron chi connectivity index (χ3n) is 16.1. The van der Waals surface area contributed by atoms with Gasteiger partial charge >= 0.3 is 12.3 Å². The SMILES string of the molecule is CC(C)(C)OC(=O)N(Cc1ccc(C(=O)N2CC(C3CCN(Cc4ccc(-c5cn(C6CCCCC6)c6nc(NCCC(F)(F)F)ncc56)cc4)CC3)C2)cc1)Cc1ccc(-c2ccc3c(cnn3CC3CC3)c2)cc1. The maximum atomic E-state index is 13.7. The number of nitrogens with zero attached hydrogens (tertiary/aromatic N) is 8. The monoisotopic (exact) mass is 1030 g/mol. The molecule has 12 nitrogen and oxygen atoms in total. The molecule has 15 heteroatoms. The second kappa shape index (κ2) is 21.7. The highest BCUT2D eigenvalue weighted by atomic mass is 19.4. The molecule has 2 saturated heterocycles. The van der Waals surface area contributed by atoms with Gasteiger partial charge in [-0.3, -0.25) is 19.3 Å². The molecular weight excluding hydrogens is 964 g/mol. The minimum absolute atomic E-state index is 0.0479. The molecule has 0 unspecified atom stereocenters. The number of hydrogen-bond donors (Lipinski definition) is 1. The summed E-state index contributed by atoms with van der Waals surface area (Å²) >= 11 is 0. The molecule has 5 heterocycles. The van der Waals surface area contributed by atoms with Crippen LogP contribution in [0.15, 0.2) is 110 Å². The predicted molar refractivity (Wildman–Crippen MR) is 291 cm³/mol. The highest BCUT2D eigenvalue weighted by Crippen LogP contribution is 2.38. The van der Waals surface area contributed by atoms with Gasteiger partial charge in [0, 0.05) is 86.1 Å². The number of halogens is 3. The first-order valence-electron chi connectivity index (χ1n) is 27.6. The zero-order valence-corrected chi connectivity index (χ0v) is 44.1. The fourth-order valence-electron chi connectivity index (χ4n) is 11.6. The minimum atomic E-state index is -4.25. The number of alkyl halides is 3. The van der Waals surface area contributed by atoms with E-state index in [1.54, 1.807) is 11.1 Å². The first-order valence-corrected chi connectivity index (χ1v) is 27.6. The van der Waals surface area contributed by atoms with E-state index in [0.29, 0.717) is 36.5 Å². The molecular formula is C61H70F3N9O3. The van der Waals surface area contributed by atoms with Crippen molar-refractivity contribution in [2.45, 2.75) is 129 Å². The van der Waals surface area contributed by atoms with E-state index < -0.39 is 18.2 Å². The average molecular weight is 1030 g/mol. The second-order valence-corrected chi connectivity index (χ2v) is 23.0. The zero-order chi connectivity index (χ0) is 52.6. The number of benzene rings is 4. The van der Waals surface area contributed by atoms with Crippen LogP contribution in [-0.4, -0.2) is 95.5 Å². The number of fused-ring (bicyclic) bond motifs is 2. The number of rotatable bonds is 16. The molecule has 4 fully saturated rings. The minimum Gasteiger partial charge on any atom is -0.444 e. The standard InChI is InChI=1S/C61H70F3N9O3/c1-60(2,3)76-59(75)71(35-42-11-17-45(18-12-42)49-23-24-55-50(31-49)32-67-73(55)37-44-9-10-44)36-43-15-21-48(22-16-43)57(74)70-38-51(39-70)46-25-29-69(30-26-46)34-41-13-19-47(20-14-41)54-40-72(52-7-5-4-6-8-52)56-53(54)33-66-58(68-56)65-28-27-61(62,63)64/h11-24,31-33,40,44,46,51-52H,4-10,25-30,34-39H2,1-3H3,(H,65,66,68). The zero-order valence-electron chi connectivity index (χ0n) is 44.1. The van der Waals surface area contributed by atoms with E-state index in [9.17, 15) is 22.8 Å². The lowest BCUT2D eigenvalue weighted by atomic mass is 9.79. The van der Waals surface area contributed by atoms with Crippen molar-refractivity contribution in [3.05, 3.63) is 132 Å². The largest absolute Gasteiger partial charge is 0.444 e. The summed E-state index contributed by atoms with van der Waals surface area (Å²) < 4.78 is 48.8. The lowest BCUT2D eigenvalue weighted by molar-refractivity contribution is -0.131. The van der Waals surface area contributed by atoms with Crippen LogP contribution in [-0.2, 0) is 30.9 Å². The Morgan fingerprint density at radius 3 is 2.08 bits per heavy atom. The van der Waals surface area contributed by atoms with E-state index in [2.05, 4.69) is 102 Å². The van der Waals surface area contributed by atoms with Crippen molar-refractivity contribution in [2.24, 2.45) is 17.8 Å². The molecule has 2 saturated carbocycles. The molecule has 0 spiro atoms. The molecule has 1 N–H and O–H groups in total. The Morgan fingerprint density at radius 1 is 0.750 bits per heavy atom. The van der Waals surface area contributed by atoms with Crippen LogP contribution in [0.5, 0.6) is 0 Å². The molecule has 7 aromatic rings. The fourth-order valence-corrected chi connectivity index (χ4v) is 11.6. The molecule has 0 atom stereocenters. The van der Waals surface area contributed by atoms with E-state index in [4.69, 9.17) is 9.72 Å². The molecule has 76 heavy (non-hydrogen) atoms. The molecule has 11 rings (SSSR count). The predicted octanol–water partition coefficient (Wildman–Crippen LogP) is 13.3. The van der Waals surface area contributed by atoms with Crippen molar-refractivity contribution in [1.29, 1.82) is 0 Å². The summed E-state index contributed by atoms with van der Waals surface area (Å²) in [5.41, 5.74) is 9.43. The van der Waals surface area contributed by atoms with Gasteiger partial charge in [-0.1, -0.05) is 86.0 Å². The molecule has 0 bridgehead atoms. The first-order chi connectivity index (χ1) is 36.6. The number of anilines is 1. The Labute approximate surface area is 443 Å². The van der Waals surface area contributed by atoms with E-state index >= 15 is 0 Å². The summed E-state index contributed by atoms with van der Waals surface area (Å²) in [5.74, 6) is 2.11. The van der Waals surface area contributed by atoms with Crippen LogP contribution < -0.4 is 5.32 Å². The number of amides is 2. The molecule has 0 radical (unpaired) electrons. The maximum Gasteiger partial charge on any atom is 0.410 e. The normalized spacial score (nSPS) is 17.3. The summed E-state index contributed by atoms with van der Waals surface area (Å²) in [5, 5.41) is 9.47. The van der Waals surface area contributed by atoms with Gasteiger partial charge in [0.25, 0.3) is 5.91 Å². The summed E-state index contributed by atoms with van der Waals surface area (Å²) in [6.45, 7) is 11.5. The van der Waals surface area contributed by atoms with E-state index in [-0.39, 0.29) is 24.5 Å². The number of ether oxygens (including phenoxy) is 1. The molecule has 2 amide bonds. The van der Waals surface area contributed by atoms with Crippen molar-refractivity contribution in [2.75, 3.05) is 38.0 Å². The average Bonchev–Trinajstić information content (AvgIpc) is 4.02. The number of carbonyl (C=O) groups is 2. The maximum absolute atomic E-state index is 13.7. The van der Waals surface area contributed by atoms with Gasteiger partial charge in [0.05, 0.1) is 18.1 Å². The highest BCUT2D eigenvalue weighted by Gasteiger charge is 2.38. The molecule has 2 aliphatic heterocycles. The third kappa shape index (κ3) is 12.3. The lowest BCUT2D eigenvalue weighted by Crippen LogP contribution is -2.54. The Morgan fingerprint density at radius 2 is 1.41 bits per heavy atom. The second-order valence-electron chi connectivity index (χ2n) is 23.0. The number of hydrogen-bond acceptors (Lipinski definition) is 8. The van der Waals surface area contributed by atoms with E-state index in [1.165, 1.54) is 30.3 Å². The van der Waals surface area contributed by atoms with Crippen molar-refractivity contribution in [3.8, 4) is 22.3 Å². The summed E-state index contributed by atoms with van der Waals surface area (Å²) in [4.78, 5) is 42.7. The van der Waals surface area contributed by atoms with Crippen molar-refractivity contribution in [1.82, 2.24) is 39.0 Å². The van der Waals surface area contributed by atoms with Gasteiger partial charge < -0.3 is 19.5 Å². The van der Waals surface area contributed by atoms with Gasteiger partial charge in [-0.2, -0.15) is 23.3 Å². The number of carbonyl (C=O) groups excluding carboxylic acids is 2. The van der Waals surface area contributed by atoms with Crippen LogP contribution in [0.4, 0.5) is 23.9 Å². The summed E-state index contributed by atoms with van der Waals surface area (Å²) in [6, 6.07) is 31.6. The fraction of sp³-hybridized carbons (Fsp3) is 0.459. The number of piperidine rings is 1. The Kier molecular flexibility index (Phi) is 14.7. The molecule has 2 aliphatic carbocycles. The van der Waals surface area contributed by atoms with Gasteiger partial charge in [-0.05, 0) is 148 Å². The lowest BCUT2D eigenvalue weighted by Gasteiger charge is -2.46. The Bertz CT molecular complexity index is 3140. The van der Waals surface area contributed by atoms with Gasteiger partial charge in [-0.25, -0.2) is 9.78 Å². The molecule has 3 aromatic heterocycles. The van der Waals surface area contributed by atoms with E-state index in [1.807, 2.05) is 56.1 Å². The van der Waals surface area contributed by atoms with Gasteiger partial charge in [0.2, 0.25) is 5.95 Å². The van der Waals surface area contributed by atoms with Crippen LogP contribution in [0, 0.1) is 17.8 Å². The van der Waals surface area contributed by atoms with Crippen LogP contribution >= 0.6 is 0 Å². The topological polar surface area (TPSA) is 114 Å². The van der Waals surface area contributed by atoms with Crippen LogP contribution in [0.25, 0.3) is 44.2 Å². The van der Waals surface area contributed by atoms with Crippen LogP contribution in [0.1, 0.15) is 118 Å². The van der Waals surface area contributed by atoms with Gasteiger partial charge in [0.1, 0.15) is 11.2 Å². The van der Waals surface area contributed by atoms with E-state index in [0.717, 1.165) is 134 Å². The Balaban J connectivity index is 0.657. The van der Waals surface area contributed by atoms with Gasteiger partial charge in [-0.15, -0.1) is 0 Å². The summed E-state index contributed by atoms with van der Waals surface area (Å²) in [6.07, 6.45) is 10.7. The van der Waals surface area contributed by atoms with Crippen LogP contribution in [0.2, 0.25) is 0 Å². The van der Waals surface area contributed by atoms with Crippen molar-refractivity contribution >= 4 is 39.9 Å². The van der Waals surface area contributed by atoms with Crippen molar-refractivity contribution in [3.63, 3.8) is 0 Å². The van der Waals surface area contributed by atoms with Gasteiger partial charge in [0.15, 0.2) is 0 Å². The number of aromatic nitrogens is 5. The number of likely N-dealkylation sites (tertiary alicyclic amines) is 2. The number of nitrogens with one attached hydrogen (secondary N) is 1. The quantitative estimate of drug-likeness (QED) is 0.102. The molecule has 398 valence electrons.